The molecule has 0 amide bonds. The van der Waals surface area contributed by atoms with E-state index in [9.17, 15) is 18.4 Å². The molecule has 0 radical (unpaired) electrons. The number of nitrogens with zero attached hydrogens (tertiary/aromatic N) is 1. The van der Waals surface area contributed by atoms with Crippen molar-refractivity contribution in [1.82, 2.24) is 14.9 Å². The van der Waals surface area contributed by atoms with Gasteiger partial charge in [0.05, 0.1) is 5.39 Å². The van der Waals surface area contributed by atoms with Crippen LogP contribution in [-0.4, -0.2) is 16.2 Å². The average Bonchev–Trinajstić information content (AvgIpc) is 3.44. The van der Waals surface area contributed by atoms with E-state index in [0.29, 0.717) is 17.7 Å². The molecule has 2 aliphatic rings. The number of fused-ring (bicyclic) bond motifs is 2. The maximum Gasteiger partial charge on any atom is 0.387 e. The Bertz CT molecular complexity index is 1250. The van der Waals surface area contributed by atoms with Crippen molar-refractivity contribution in [3.63, 3.8) is 0 Å². The molecule has 0 saturated heterocycles. The summed E-state index contributed by atoms with van der Waals surface area (Å²) in [4.78, 5) is 27.1. The van der Waals surface area contributed by atoms with Crippen molar-refractivity contribution in [2.24, 2.45) is 0 Å². The second-order valence-corrected chi connectivity index (χ2v) is 7.59. The highest BCUT2D eigenvalue weighted by Gasteiger charge is 2.30. The van der Waals surface area contributed by atoms with Gasteiger partial charge in [-0.2, -0.15) is 8.78 Å². The van der Waals surface area contributed by atoms with Gasteiger partial charge in [0, 0.05) is 24.2 Å². The lowest BCUT2D eigenvalue weighted by Gasteiger charge is -2.17. The van der Waals surface area contributed by atoms with Gasteiger partial charge >= 0.3 is 12.3 Å². The Morgan fingerprint density at radius 1 is 1.17 bits per heavy atom. The molecule has 0 unspecified atom stereocenters. The normalized spacial score (nSPS) is 17.8. The molecule has 0 spiro atoms. The van der Waals surface area contributed by atoms with E-state index in [1.807, 2.05) is 18.2 Å². The Morgan fingerprint density at radius 2 is 1.93 bits per heavy atom. The lowest BCUT2D eigenvalue weighted by atomic mass is 9.97. The predicted molar refractivity (Wildman–Crippen MR) is 112 cm³/mol. The van der Waals surface area contributed by atoms with Gasteiger partial charge in [0.1, 0.15) is 5.52 Å². The Hall–Kier alpha value is -2.71. The molecule has 1 aromatic heterocycles. The summed E-state index contributed by atoms with van der Waals surface area (Å²) in [5.74, 6) is -0.133. The number of rotatable bonds is 4. The first-order valence-electron chi connectivity index (χ1n) is 9.57. The quantitative estimate of drug-likeness (QED) is 0.652. The van der Waals surface area contributed by atoms with Crippen LogP contribution in [0, 0.1) is 0 Å². The van der Waals surface area contributed by atoms with Crippen LogP contribution in [0.4, 0.5) is 8.78 Å². The van der Waals surface area contributed by atoms with E-state index in [2.05, 4.69) is 17.2 Å². The summed E-state index contributed by atoms with van der Waals surface area (Å²) >= 11 is 0. The second kappa shape index (κ2) is 7.52. The van der Waals surface area contributed by atoms with Crippen LogP contribution in [0.2, 0.25) is 0 Å². The molecule has 1 saturated carbocycles. The second-order valence-electron chi connectivity index (χ2n) is 7.59. The van der Waals surface area contributed by atoms with E-state index in [1.54, 1.807) is 12.1 Å². The summed E-state index contributed by atoms with van der Waals surface area (Å²) in [7, 11) is 0. The number of ether oxygens (including phenoxy) is 1. The molecule has 1 atom stereocenters. The molecule has 5 rings (SSSR count). The fourth-order valence-corrected chi connectivity index (χ4v) is 4.16. The van der Waals surface area contributed by atoms with Crippen LogP contribution in [0.1, 0.15) is 43.0 Å². The minimum atomic E-state index is -3.09. The highest BCUT2D eigenvalue weighted by Crippen LogP contribution is 2.42. The summed E-state index contributed by atoms with van der Waals surface area (Å²) in [6.45, 7) is -0.333. The lowest BCUT2D eigenvalue weighted by Crippen LogP contribution is -2.30. The first-order chi connectivity index (χ1) is 13.9. The Morgan fingerprint density at radius 3 is 2.63 bits per heavy atom. The fourth-order valence-electron chi connectivity index (χ4n) is 4.16. The molecule has 2 aromatic carbocycles. The number of hydrogen-bond acceptors (Lipinski definition) is 4. The number of hydrogen-bond donors (Lipinski definition) is 2. The molecule has 30 heavy (non-hydrogen) atoms. The van der Waals surface area contributed by atoms with Crippen molar-refractivity contribution in [2.45, 2.75) is 45.0 Å². The number of halogens is 3. The van der Waals surface area contributed by atoms with Gasteiger partial charge in [-0.15, -0.1) is 12.4 Å². The van der Waals surface area contributed by atoms with Crippen LogP contribution >= 0.6 is 12.4 Å². The van der Waals surface area contributed by atoms with Crippen molar-refractivity contribution in [1.29, 1.82) is 0 Å². The molecule has 2 heterocycles. The number of alkyl halides is 2. The Kier molecular flexibility index (Phi) is 5.15. The number of benzene rings is 2. The van der Waals surface area contributed by atoms with Crippen LogP contribution < -0.4 is 21.3 Å². The summed E-state index contributed by atoms with van der Waals surface area (Å²) < 4.78 is 33.0. The predicted octanol–water partition coefficient (Wildman–Crippen LogP) is 3.88. The maximum absolute atomic E-state index is 13.4. The standard InChI is InChI=1S/C21H19F2N3O3.ClH/c1-10-14-5-2-11(8-12(14)9-24-10)15-6-7-16-17(18(15)29-20(22)23)26(13-3-4-13)21(28)25-19(16)27;/h2,5-8,10,13,20,24H,3-4,9H2,1H3,(H,25,27,28);1H/t10-;/m1./s1. The van der Waals surface area contributed by atoms with E-state index >= 15 is 0 Å². The van der Waals surface area contributed by atoms with Crippen molar-refractivity contribution in [3.8, 4) is 16.9 Å². The molecule has 2 N–H and O–H groups in total. The molecule has 1 fully saturated rings. The SMILES string of the molecule is C[C@H]1NCc2cc(-c3ccc4c(=O)[nH]c(=O)n(C5CC5)c4c3OC(F)F)ccc21.Cl. The van der Waals surface area contributed by atoms with Gasteiger partial charge in [-0.05, 0) is 54.7 Å². The zero-order valence-corrected chi connectivity index (χ0v) is 16.9. The number of aromatic amines is 1. The van der Waals surface area contributed by atoms with Crippen molar-refractivity contribution < 1.29 is 13.5 Å². The van der Waals surface area contributed by atoms with Crippen LogP contribution in [0.3, 0.4) is 0 Å². The van der Waals surface area contributed by atoms with Gasteiger partial charge in [-0.25, -0.2) is 4.79 Å². The van der Waals surface area contributed by atoms with Crippen LogP contribution in [0.25, 0.3) is 22.0 Å². The molecule has 1 aliphatic carbocycles. The highest BCUT2D eigenvalue weighted by atomic mass is 35.5. The molecular formula is C21H20ClF2N3O3. The molecule has 158 valence electrons. The zero-order valence-electron chi connectivity index (χ0n) is 16.1. The number of aromatic nitrogens is 2. The van der Waals surface area contributed by atoms with Gasteiger partial charge in [-0.3, -0.25) is 14.3 Å². The van der Waals surface area contributed by atoms with Crippen LogP contribution in [0.5, 0.6) is 5.75 Å². The van der Waals surface area contributed by atoms with Crippen molar-refractivity contribution >= 4 is 23.3 Å². The Balaban J connectivity index is 0.00000218. The Labute approximate surface area is 176 Å². The average molecular weight is 436 g/mol. The largest absolute Gasteiger partial charge is 0.432 e. The van der Waals surface area contributed by atoms with E-state index in [0.717, 1.165) is 24.0 Å². The van der Waals surface area contributed by atoms with E-state index in [4.69, 9.17) is 4.74 Å². The van der Waals surface area contributed by atoms with E-state index in [1.165, 1.54) is 4.57 Å². The molecule has 9 heteroatoms. The zero-order chi connectivity index (χ0) is 20.3. The van der Waals surface area contributed by atoms with Crippen LogP contribution in [-0.2, 0) is 6.54 Å². The van der Waals surface area contributed by atoms with Gasteiger partial charge < -0.3 is 10.1 Å². The van der Waals surface area contributed by atoms with Gasteiger partial charge in [0.2, 0.25) is 0 Å². The molecule has 1 aliphatic heterocycles. The lowest BCUT2D eigenvalue weighted by molar-refractivity contribution is -0.0486. The van der Waals surface area contributed by atoms with Crippen molar-refractivity contribution in [3.05, 3.63) is 62.3 Å². The molecule has 6 nitrogen and oxygen atoms in total. The third-order valence-corrected chi connectivity index (χ3v) is 5.69. The molecule has 0 bridgehead atoms. The number of H-pyrrole nitrogens is 1. The topological polar surface area (TPSA) is 76.1 Å². The third kappa shape index (κ3) is 3.30. The summed E-state index contributed by atoms with van der Waals surface area (Å²) in [5.41, 5.74) is 2.30. The smallest absolute Gasteiger partial charge is 0.387 e. The van der Waals surface area contributed by atoms with Gasteiger partial charge in [-0.1, -0.05) is 12.1 Å². The fraction of sp³-hybridized carbons (Fsp3) is 0.333. The summed E-state index contributed by atoms with van der Waals surface area (Å²) in [6.07, 6.45) is 1.50. The van der Waals surface area contributed by atoms with Gasteiger partial charge in [0.25, 0.3) is 5.56 Å². The minimum absolute atomic E-state index is 0. The van der Waals surface area contributed by atoms with E-state index < -0.39 is 17.9 Å². The van der Waals surface area contributed by atoms with Gasteiger partial charge in [0.15, 0.2) is 5.75 Å². The summed E-state index contributed by atoms with van der Waals surface area (Å²) in [5, 5.41) is 3.50. The van der Waals surface area contributed by atoms with E-state index in [-0.39, 0.29) is 41.1 Å². The highest BCUT2D eigenvalue weighted by molar-refractivity contribution is 5.92. The van der Waals surface area contributed by atoms with Crippen molar-refractivity contribution in [2.75, 3.05) is 0 Å². The summed E-state index contributed by atoms with van der Waals surface area (Å²) in [6, 6.07) is 9.04. The third-order valence-electron chi connectivity index (χ3n) is 5.69. The number of nitrogens with one attached hydrogen (secondary N) is 2. The minimum Gasteiger partial charge on any atom is -0.432 e. The first kappa shape index (κ1) is 20.6. The maximum atomic E-state index is 13.4. The monoisotopic (exact) mass is 435 g/mol. The molecular weight excluding hydrogens is 416 g/mol. The first-order valence-corrected chi connectivity index (χ1v) is 9.57. The molecule has 3 aromatic rings. The van der Waals surface area contributed by atoms with Crippen LogP contribution in [0.15, 0.2) is 39.9 Å².